The summed E-state index contributed by atoms with van der Waals surface area (Å²) in [5, 5.41) is 0.660. The molecule has 0 amide bonds. The van der Waals surface area contributed by atoms with Gasteiger partial charge in [0.15, 0.2) is 5.65 Å². The van der Waals surface area contributed by atoms with Crippen LogP contribution in [0, 0.1) is 0 Å². The topological polar surface area (TPSA) is 30.2 Å². The van der Waals surface area contributed by atoms with E-state index in [2.05, 4.69) is 22.6 Å². The van der Waals surface area contributed by atoms with Crippen LogP contribution in [0.5, 0.6) is 0 Å². The van der Waals surface area contributed by atoms with E-state index in [-0.39, 0.29) is 0 Å². The summed E-state index contributed by atoms with van der Waals surface area (Å²) >= 11 is 4.12. The third-order valence-corrected chi connectivity index (χ3v) is 1.61. The quantitative estimate of drug-likeness (QED) is 0.570. The van der Waals surface area contributed by atoms with Crippen molar-refractivity contribution >= 4 is 18.3 Å². The van der Waals surface area contributed by atoms with Gasteiger partial charge in [0.05, 0.1) is 0 Å². The summed E-state index contributed by atoms with van der Waals surface area (Å²) in [7, 11) is 0. The molecule has 0 aliphatic rings. The maximum absolute atomic E-state index is 4.12. The molecule has 2 aromatic rings. The van der Waals surface area contributed by atoms with Crippen molar-refractivity contribution in [1.29, 1.82) is 0 Å². The number of hydrogen-bond donors (Lipinski definition) is 1. The minimum atomic E-state index is 0.660. The van der Waals surface area contributed by atoms with Crippen molar-refractivity contribution in [3.63, 3.8) is 0 Å². The van der Waals surface area contributed by atoms with Crippen molar-refractivity contribution in [3.8, 4) is 0 Å². The molecular weight excluding hydrogens is 146 g/mol. The van der Waals surface area contributed by atoms with Gasteiger partial charge in [-0.25, -0.2) is 9.97 Å². The van der Waals surface area contributed by atoms with Gasteiger partial charge in [0.25, 0.3) is 0 Å². The van der Waals surface area contributed by atoms with Crippen LogP contribution >= 0.6 is 12.6 Å². The molecule has 0 aliphatic carbocycles. The van der Waals surface area contributed by atoms with Crippen LogP contribution in [0.15, 0.2) is 29.8 Å². The molecule has 2 rings (SSSR count). The first-order valence-electron chi connectivity index (χ1n) is 2.84. The lowest BCUT2D eigenvalue weighted by atomic mass is 10.7. The molecule has 0 bridgehead atoms. The molecule has 3 nitrogen and oxygen atoms in total. The smallest absolute Gasteiger partial charge is 0.169 e. The maximum atomic E-state index is 4.12. The fraction of sp³-hybridized carbons (Fsp3) is 0. The Balaban J connectivity index is 2.95. The third-order valence-electron chi connectivity index (χ3n) is 1.29. The Morgan fingerprint density at radius 2 is 1.90 bits per heavy atom. The van der Waals surface area contributed by atoms with Crippen LogP contribution in [0.1, 0.15) is 0 Å². The van der Waals surface area contributed by atoms with Crippen molar-refractivity contribution in [3.05, 3.63) is 24.8 Å². The Kier molecular flexibility index (Phi) is 1.14. The molecule has 4 heteroatoms. The Bertz CT molecular complexity index is 355. The summed E-state index contributed by atoms with van der Waals surface area (Å²) in [4.78, 5) is 8.00. The van der Waals surface area contributed by atoms with Gasteiger partial charge in [0.2, 0.25) is 0 Å². The zero-order valence-corrected chi connectivity index (χ0v) is 5.99. The summed E-state index contributed by atoms with van der Waals surface area (Å²) in [6.45, 7) is 0. The summed E-state index contributed by atoms with van der Waals surface area (Å²) in [6.07, 6.45) is 7.10. The molecule has 0 aromatic carbocycles. The lowest BCUT2D eigenvalue weighted by Crippen LogP contribution is -1.85. The van der Waals surface area contributed by atoms with Crippen LogP contribution in [-0.2, 0) is 0 Å². The minimum absolute atomic E-state index is 0.660. The van der Waals surface area contributed by atoms with Crippen molar-refractivity contribution in [2.24, 2.45) is 0 Å². The largest absolute Gasteiger partial charge is 0.303 e. The normalized spacial score (nSPS) is 10.5. The fourth-order valence-electron chi connectivity index (χ4n) is 0.840. The first-order valence-corrected chi connectivity index (χ1v) is 3.29. The number of thiol groups is 1. The van der Waals surface area contributed by atoms with Crippen LogP contribution in [0.4, 0.5) is 0 Å². The molecule has 2 heterocycles. The molecule has 0 spiro atoms. The second-order valence-corrected chi connectivity index (χ2v) is 2.33. The Morgan fingerprint density at radius 3 is 2.60 bits per heavy atom. The van der Waals surface area contributed by atoms with E-state index in [0.29, 0.717) is 5.03 Å². The minimum Gasteiger partial charge on any atom is -0.303 e. The second kappa shape index (κ2) is 1.98. The molecule has 0 fully saturated rings. The van der Waals surface area contributed by atoms with Crippen LogP contribution in [0.3, 0.4) is 0 Å². The van der Waals surface area contributed by atoms with E-state index in [0.717, 1.165) is 5.65 Å². The average Bonchev–Trinajstić information content (AvgIpc) is 2.36. The summed E-state index contributed by atoms with van der Waals surface area (Å²) < 4.78 is 1.87. The predicted octanol–water partition coefficient (Wildman–Crippen LogP) is 1.02. The molecule has 0 unspecified atom stereocenters. The first kappa shape index (κ1) is 5.73. The van der Waals surface area contributed by atoms with E-state index < -0.39 is 0 Å². The van der Waals surface area contributed by atoms with Crippen molar-refractivity contribution in [2.45, 2.75) is 5.03 Å². The average molecular weight is 151 g/mol. The lowest BCUT2D eigenvalue weighted by Gasteiger charge is -1.92. The molecule has 0 aliphatic heterocycles. The Labute approximate surface area is 63.1 Å². The van der Waals surface area contributed by atoms with Crippen LogP contribution < -0.4 is 0 Å². The van der Waals surface area contributed by atoms with E-state index in [1.165, 1.54) is 0 Å². The van der Waals surface area contributed by atoms with E-state index in [4.69, 9.17) is 0 Å². The van der Waals surface area contributed by atoms with Crippen molar-refractivity contribution in [1.82, 2.24) is 14.4 Å². The number of aromatic nitrogens is 3. The van der Waals surface area contributed by atoms with Crippen molar-refractivity contribution in [2.75, 3.05) is 0 Å². The Hall–Kier alpha value is -1.03. The van der Waals surface area contributed by atoms with E-state index in [1.807, 2.05) is 16.8 Å². The predicted molar refractivity (Wildman–Crippen MR) is 40.2 cm³/mol. The number of hydrogen-bond acceptors (Lipinski definition) is 3. The van der Waals surface area contributed by atoms with Gasteiger partial charge in [-0.2, -0.15) is 0 Å². The van der Waals surface area contributed by atoms with Gasteiger partial charge in [0, 0.05) is 24.8 Å². The van der Waals surface area contributed by atoms with E-state index >= 15 is 0 Å². The summed E-state index contributed by atoms with van der Waals surface area (Å²) in [5.41, 5.74) is 0.797. The zero-order valence-electron chi connectivity index (χ0n) is 5.10. The molecule has 0 saturated carbocycles. The molecule has 0 N–H and O–H groups in total. The molecule has 2 aromatic heterocycles. The molecule has 50 valence electrons. The van der Waals surface area contributed by atoms with Gasteiger partial charge in [0.1, 0.15) is 5.03 Å². The highest BCUT2D eigenvalue weighted by Crippen LogP contribution is 2.07. The molecular formula is C6H5N3S. The van der Waals surface area contributed by atoms with Gasteiger partial charge in [-0.1, -0.05) is 0 Å². The van der Waals surface area contributed by atoms with Gasteiger partial charge < -0.3 is 4.40 Å². The van der Waals surface area contributed by atoms with Crippen molar-refractivity contribution < 1.29 is 0 Å². The SMILES string of the molecule is Sc1nccn2ccnc12. The first-order chi connectivity index (χ1) is 4.88. The summed E-state index contributed by atoms with van der Waals surface area (Å²) in [6, 6.07) is 0. The van der Waals surface area contributed by atoms with Crippen LogP contribution in [-0.4, -0.2) is 14.4 Å². The maximum Gasteiger partial charge on any atom is 0.169 e. The monoisotopic (exact) mass is 151 g/mol. The lowest BCUT2D eigenvalue weighted by molar-refractivity contribution is 1.04. The molecule has 0 atom stereocenters. The van der Waals surface area contributed by atoms with Gasteiger partial charge in [-0.3, -0.25) is 0 Å². The number of fused-ring (bicyclic) bond motifs is 1. The fourth-order valence-corrected chi connectivity index (χ4v) is 1.08. The van der Waals surface area contributed by atoms with Crippen LogP contribution in [0.2, 0.25) is 0 Å². The Morgan fingerprint density at radius 1 is 1.20 bits per heavy atom. The number of nitrogens with zero attached hydrogens (tertiary/aromatic N) is 3. The highest BCUT2D eigenvalue weighted by molar-refractivity contribution is 7.80. The summed E-state index contributed by atoms with van der Waals surface area (Å²) in [5.74, 6) is 0. The molecule has 0 saturated heterocycles. The molecule has 0 radical (unpaired) electrons. The third kappa shape index (κ3) is 0.690. The second-order valence-electron chi connectivity index (χ2n) is 1.91. The molecule has 10 heavy (non-hydrogen) atoms. The van der Waals surface area contributed by atoms with Gasteiger partial charge in [-0.15, -0.1) is 12.6 Å². The van der Waals surface area contributed by atoms with Gasteiger partial charge in [-0.05, 0) is 0 Å². The van der Waals surface area contributed by atoms with Gasteiger partial charge >= 0.3 is 0 Å². The zero-order chi connectivity index (χ0) is 6.97. The number of rotatable bonds is 0. The number of imidazole rings is 1. The van der Waals surface area contributed by atoms with E-state index in [9.17, 15) is 0 Å². The highest BCUT2D eigenvalue weighted by atomic mass is 32.1. The highest BCUT2D eigenvalue weighted by Gasteiger charge is 1.95. The van der Waals surface area contributed by atoms with E-state index in [1.54, 1.807) is 12.4 Å². The van der Waals surface area contributed by atoms with Crippen LogP contribution in [0.25, 0.3) is 5.65 Å². The standard InChI is InChI=1S/C6H5N3S/c10-6-5-7-1-3-9(5)4-2-8-6/h1-4H,(H,8,10).